The molecule has 448 valence electrons. The van der Waals surface area contributed by atoms with Gasteiger partial charge >= 0.3 is 23.0 Å². The zero-order chi connectivity index (χ0) is 57.0. The largest absolute Gasteiger partial charge is 0.460 e. The summed E-state index contributed by atoms with van der Waals surface area (Å²) in [5.74, 6) is 3.03. The molecule has 0 spiro atoms. The number of hydrogen-bond acceptors (Lipinski definition) is 17. The third-order valence-electron chi connectivity index (χ3n) is 14.1. The van der Waals surface area contributed by atoms with Gasteiger partial charge in [-0.1, -0.05) is 123 Å². The number of aryl methyl sites for hydroxylation is 4. The minimum absolute atomic E-state index is 0.201. The maximum absolute atomic E-state index is 7.61. The number of ether oxygens (including phenoxy) is 8. The molecule has 0 aromatic heterocycles. The van der Waals surface area contributed by atoms with E-state index in [1.54, 1.807) is 0 Å². The topological polar surface area (TPSA) is 180 Å². The molecule has 0 N–H and O–H groups in total. The number of nitrogens with zero attached hydrogens (tertiary/aromatic N) is 3. The molecule has 0 amide bonds. The predicted octanol–water partition coefficient (Wildman–Crippen LogP) is 15.3. The second-order valence-electron chi connectivity index (χ2n) is 21.3. The Kier molecular flexibility index (Phi) is 22.0. The van der Waals surface area contributed by atoms with Gasteiger partial charge in [-0.25, -0.2) is 0 Å². The van der Waals surface area contributed by atoms with Crippen molar-refractivity contribution in [3.63, 3.8) is 0 Å². The van der Waals surface area contributed by atoms with Gasteiger partial charge in [-0.3, -0.25) is 0 Å². The highest BCUT2D eigenvalue weighted by molar-refractivity contribution is 7.79. The number of benzene rings is 6. The van der Waals surface area contributed by atoms with Gasteiger partial charge in [0.2, 0.25) is 0 Å². The number of unbranched alkanes of at least 4 members (excludes halogenated alkanes) is 4. The molecule has 0 bridgehead atoms. The predicted molar refractivity (Wildman–Crippen MR) is 324 cm³/mol. The van der Waals surface area contributed by atoms with Gasteiger partial charge in [0, 0.05) is 26.4 Å². The van der Waals surface area contributed by atoms with Crippen molar-refractivity contribution in [2.45, 2.75) is 101 Å². The third kappa shape index (κ3) is 19.2. The summed E-state index contributed by atoms with van der Waals surface area (Å²) in [7, 11) is -12.7. The normalized spacial score (nSPS) is 22.3. The molecule has 4 atom stereocenters. The lowest BCUT2D eigenvalue weighted by Gasteiger charge is -2.34. The number of hydrogen-bond donors (Lipinski definition) is 0. The zero-order valence-electron chi connectivity index (χ0n) is 47.7. The highest BCUT2D eigenvalue weighted by Crippen LogP contribution is 2.79. The smallest absolute Gasteiger partial charge is 0.413 e. The van der Waals surface area contributed by atoms with Crippen LogP contribution in [0.4, 0.5) is 0 Å². The highest BCUT2D eigenvalue weighted by atomic mass is 31.3. The van der Waals surface area contributed by atoms with Gasteiger partial charge in [-0.15, -0.1) is 0 Å². The van der Waals surface area contributed by atoms with Crippen LogP contribution in [0.15, 0.2) is 171 Å². The first-order valence-corrected chi connectivity index (χ1v) is 34.3. The summed E-state index contributed by atoms with van der Waals surface area (Å²) in [5, 5.41) is 0. The standard InChI is InChI=1S/C64H78N3O14P3/c1-3-31-55(32-4-1)76-82(77-56-33-5-2-6-34-56)65-83(78-61-35-11-7-23-51(61)27-15-19-39-68-43-57-47-72-57,79-62-36-12-8-24-52(62)28-16-20-40-69-44-58-48-73-58)67-84(66-82,80-63-37-13-9-25-53(63)29-17-21-41-70-45-59-49-74-59)81-64-38-14-10-26-54(64)30-18-22-42-71-46-60-50-75-60/h1-14,23-26,31-38,57-60H,15-22,27-30,39-50H2. The Morgan fingerprint density at radius 3 is 0.798 bits per heavy atom. The summed E-state index contributed by atoms with van der Waals surface area (Å²) >= 11 is 0. The molecular weight excluding hydrogens is 1130 g/mol. The van der Waals surface area contributed by atoms with E-state index in [4.69, 9.17) is 78.6 Å². The quantitative estimate of drug-likeness (QED) is 0.0201. The second kappa shape index (κ2) is 30.7. The van der Waals surface area contributed by atoms with Crippen LogP contribution in [0.3, 0.4) is 0 Å². The van der Waals surface area contributed by atoms with E-state index in [-0.39, 0.29) is 24.4 Å². The molecule has 17 nitrogen and oxygen atoms in total. The van der Waals surface area contributed by atoms with Crippen LogP contribution in [0.25, 0.3) is 0 Å². The van der Waals surface area contributed by atoms with Crippen molar-refractivity contribution in [1.82, 2.24) is 0 Å². The molecule has 84 heavy (non-hydrogen) atoms. The summed E-state index contributed by atoms with van der Waals surface area (Å²) < 4.78 is 107. The lowest BCUT2D eigenvalue weighted by Crippen LogP contribution is -2.13. The Labute approximate surface area is 494 Å². The van der Waals surface area contributed by atoms with Gasteiger partial charge in [-0.2, -0.15) is 0 Å². The van der Waals surface area contributed by atoms with E-state index in [9.17, 15) is 0 Å². The van der Waals surface area contributed by atoms with Crippen molar-refractivity contribution in [3.05, 3.63) is 180 Å². The van der Waals surface area contributed by atoms with E-state index >= 15 is 0 Å². The number of para-hydroxylation sites is 6. The van der Waals surface area contributed by atoms with Crippen molar-refractivity contribution >= 4 is 23.0 Å². The third-order valence-corrected chi connectivity index (χ3v) is 22.2. The lowest BCUT2D eigenvalue weighted by atomic mass is 10.1. The van der Waals surface area contributed by atoms with Crippen LogP contribution in [-0.2, 0) is 63.6 Å². The molecule has 5 aliphatic heterocycles. The van der Waals surface area contributed by atoms with Crippen molar-refractivity contribution < 1.29 is 65.0 Å². The minimum atomic E-state index is -4.27. The van der Waals surface area contributed by atoms with Gasteiger partial charge < -0.3 is 65.0 Å². The number of rotatable bonds is 40. The first kappa shape index (κ1) is 60.2. The Morgan fingerprint density at radius 1 is 0.298 bits per heavy atom. The van der Waals surface area contributed by atoms with Crippen LogP contribution >= 0.6 is 23.0 Å². The van der Waals surface area contributed by atoms with Gasteiger partial charge in [0.15, 0.2) is 0 Å². The average molecular weight is 1210 g/mol. The molecule has 5 heterocycles. The van der Waals surface area contributed by atoms with E-state index < -0.39 is 23.0 Å². The monoisotopic (exact) mass is 1210 g/mol. The van der Waals surface area contributed by atoms with Crippen LogP contribution in [0.5, 0.6) is 34.5 Å². The van der Waals surface area contributed by atoms with E-state index in [2.05, 4.69) is 24.3 Å². The van der Waals surface area contributed by atoms with E-state index in [1.165, 1.54) is 0 Å². The van der Waals surface area contributed by atoms with Gasteiger partial charge in [0.1, 0.15) is 58.9 Å². The van der Waals surface area contributed by atoms with Crippen molar-refractivity contribution in [2.24, 2.45) is 13.5 Å². The van der Waals surface area contributed by atoms with E-state index in [1.807, 2.05) is 133 Å². The van der Waals surface area contributed by atoms with Crippen LogP contribution < -0.4 is 27.1 Å². The summed E-state index contributed by atoms with van der Waals surface area (Å²) in [6.45, 7) is 7.90. The van der Waals surface area contributed by atoms with E-state index in [0.717, 1.165) is 100 Å². The molecule has 11 rings (SSSR count). The van der Waals surface area contributed by atoms with Crippen LogP contribution in [0.2, 0.25) is 0 Å². The second-order valence-corrected chi connectivity index (χ2v) is 27.5. The fraction of sp³-hybridized carbons (Fsp3) is 0.438. The van der Waals surface area contributed by atoms with E-state index in [0.29, 0.717) is 113 Å². The Morgan fingerprint density at radius 2 is 0.536 bits per heavy atom. The summed E-state index contributed by atoms with van der Waals surface area (Å²) in [4.78, 5) is 0. The van der Waals surface area contributed by atoms with Crippen LogP contribution in [0, 0.1) is 0 Å². The molecule has 20 heteroatoms. The molecule has 0 aliphatic carbocycles. The maximum atomic E-state index is 7.61. The van der Waals surface area contributed by atoms with Crippen molar-refractivity contribution in [1.29, 1.82) is 0 Å². The fourth-order valence-electron chi connectivity index (χ4n) is 9.30. The Hall–Kier alpha value is -5.51. The molecule has 4 fully saturated rings. The van der Waals surface area contributed by atoms with Crippen molar-refractivity contribution in [2.75, 3.05) is 79.3 Å². The SMILES string of the molecule is c1ccc(OP2(Oc3ccccc3)=NP(Oc3ccccc3CCCCOCC3CO3)(Oc3ccccc3CCCCOCC3CO3)=NP(Oc3ccccc3CCCCOCC3CO3)(Oc3ccccc3CCCCOCC3CO3)=N2)cc1. The minimum Gasteiger partial charge on any atom is -0.413 e. The Balaban J connectivity index is 1.05. The average Bonchev–Trinajstić information content (AvgIpc) is 1.66. The van der Waals surface area contributed by atoms with Crippen LogP contribution in [-0.4, -0.2) is 104 Å². The van der Waals surface area contributed by atoms with Gasteiger partial charge in [-0.05, 0) is 148 Å². The molecule has 5 aliphatic rings. The molecular formula is C64H78N3O14P3. The molecule has 4 unspecified atom stereocenters. The molecule has 4 saturated heterocycles. The molecule has 6 aromatic rings. The summed E-state index contributed by atoms with van der Waals surface area (Å²) in [5.41, 5.74) is 3.74. The molecule has 0 saturated carbocycles. The highest BCUT2D eigenvalue weighted by Gasteiger charge is 2.49. The Bertz CT molecular complexity index is 2840. The maximum Gasteiger partial charge on any atom is 0.460 e. The van der Waals surface area contributed by atoms with Crippen LogP contribution in [0.1, 0.15) is 73.6 Å². The fourth-order valence-corrected chi connectivity index (χ4v) is 18.5. The van der Waals surface area contributed by atoms with Gasteiger partial charge in [0.25, 0.3) is 0 Å². The first-order chi connectivity index (χ1) is 41.5. The summed E-state index contributed by atoms with van der Waals surface area (Å²) in [6.07, 6.45) is 10.1. The summed E-state index contributed by atoms with van der Waals surface area (Å²) in [6, 6.07) is 50.9. The molecule has 0 radical (unpaired) electrons. The first-order valence-electron chi connectivity index (χ1n) is 29.7. The van der Waals surface area contributed by atoms with Crippen molar-refractivity contribution in [3.8, 4) is 34.5 Å². The number of epoxide rings is 4. The van der Waals surface area contributed by atoms with Gasteiger partial charge in [0.05, 0.1) is 52.9 Å². The molecule has 6 aromatic carbocycles. The zero-order valence-corrected chi connectivity index (χ0v) is 50.4. The lowest BCUT2D eigenvalue weighted by molar-refractivity contribution is 0.113.